The number of carboxylic acids is 1. The Morgan fingerprint density at radius 2 is 1.81 bits per heavy atom. The normalized spacial score (nSPS) is 29.5. The molecule has 5 rings (SSSR count). The van der Waals surface area contributed by atoms with Gasteiger partial charge in [0, 0.05) is 11.8 Å². The van der Waals surface area contributed by atoms with Crippen molar-refractivity contribution in [2.75, 3.05) is 0 Å². The largest absolute Gasteiger partial charge is 0.506 e. The molecule has 0 saturated heterocycles. The van der Waals surface area contributed by atoms with Crippen molar-refractivity contribution >= 4 is 23.1 Å². The Kier molecular flexibility index (Phi) is 4.68. The zero-order valence-corrected chi connectivity index (χ0v) is 17.5. The lowest BCUT2D eigenvalue weighted by atomic mass is 9.55. The number of aromatic carboxylic acids is 1. The van der Waals surface area contributed by atoms with Gasteiger partial charge in [-0.05, 0) is 91.3 Å². The summed E-state index contributed by atoms with van der Waals surface area (Å²) in [7, 11) is 0. The molecule has 3 aliphatic rings. The molecule has 2 fully saturated rings. The molecule has 31 heavy (non-hydrogen) atoms. The van der Waals surface area contributed by atoms with Crippen LogP contribution in [-0.2, 0) is 11.2 Å². The predicted octanol–water partition coefficient (Wildman–Crippen LogP) is 5.93. The third-order valence-corrected chi connectivity index (χ3v) is 7.95. The number of ketones is 1. The number of hydrogen-bond acceptors (Lipinski definition) is 5. The molecule has 6 nitrogen and oxygen atoms in total. The fourth-order valence-corrected chi connectivity index (χ4v) is 6.30. The number of carboxylic acid groups (broad SMARTS) is 1. The number of carbonyl (C=O) groups is 2. The Labute approximate surface area is 181 Å². The van der Waals surface area contributed by atoms with Crippen molar-refractivity contribution in [2.45, 2.75) is 51.4 Å². The first-order valence-electron chi connectivity index (χ1n) is 11.0. The van der Waals surface area contributed by atoms with Crippen LogP contribution in [0, 0.1) is 17.3 Å². The smallest absolute Gasteiger partial charge is 0.335 e. The molecule has 160 valence electrons. The lowest BCUT2D eigenvalue weighted by molar-refractivity contribution is -0.129. The number of Topliss-reactive ketones (excluding diaryl/α,β-unsaturated/α-hetero) is 1. The quantitative estimate of drug-likeness (QED) is 0.603. The van der Waals surface area contributed by atoms with E-state index in [4.69, 9.17) is 5.11 Å². The van der Waals surface area contributed by atoms with Gasteiger partial charge < -0.3 is 10.2 Å². The highest BCUT2D eigenvalue weighted by molar-refractivity contribution is 5.88. The van der Waals surface area contributed by atoms with E-state index in [1.165, 1.54) is 17.7 Å². The number of nitrogens with zero attached hydrogens (tertiary/aromatic N) is 2. The first kappa shape index (κ1) is 19.9. The Balaban J connectivity index is 1.46. The summed E-state index contributed by atoms with van der Waals surface area (Å²) >= 11 is 0. The zero-order valence-electron chi connectivity index (χ0n) is 17.5. The summed E-state index contributed by atoms with van der Waals surface area (Å²) in [6, 6.07) is 9.92. The summed E-state index contributed by atoms with van der Waals surface area (Å²) in [5.41, 5.74) is 3.38. The monoisotopic (exact) mass is 418 g/mol. The maximum Gasteiger partial charge on any atom is 0.335 e. The van der Waals surface area contributed by atoms with Crippen molar-refractivity contribution < 1.29 is 19.8 Å². The first-order chi connectivity index (χ1) is 14.9. The van der Waals surface area contributed by atoms with E-state index in [9.17, 15) is 14.7 Å². The molecule has 0 bridgehead atoms. The molecule has 2 saturated carbocycles. The molecule has 0 aromatic heterocycles. The molecule has 2 aromatic carbocycles. The minimum atomic E-state index is -0.986. The van der Waals surface area contributed by atoms with Crippen LogP contribution in [0.5, 0.6) is 5.75 Å². The van der Waals surface area contributed by atoms with E-state index in [0.717, 1.165) is 37.7 Å². The highest BCUT2D eigenvalue weighted by atomic mass is 16.4. The molecule has 0 aliphatic heterocycles. The summed E-state index contributed by atoms with van der Waals surface area (Å²) < 4.78 is 0. The average molecular weight is 418 g/mol. The van der Waals surface area contributed by atoms with E-state index >= 15 is 0 Å². The van der Waals surface area contributed by atoms with Crippen LogP contribution in [0.25, 0.3) is 0 Å². The highest BCUT2D eigenvalue weighted by Gasteiger charge is 2.54. The maximum absolute atomic E-state index is 12.5. The molecule has 2 N–H and O–H groups in total. The topological polar surface area (TPSA) is 99.3 Å². The van der Waals surface area contributed by atoms with Crippen molar-refractivity contribution in [3.05, 3.63) is 53.1 Å². The molecule has 2 aromatic rings. The van der Waals surface area contributed by atoms with Gasteiger partial charge in [-0.15, -0.1) is 5.11 Å². The summed E-state index contributed by atoms with van der Waals surface area (Å²) in [6.45, 7) is 2.17. The number of hydrogen-bond donors (Lipinski definition) is 2. The van der Waals surface area contributed by atoms with Crippen molar-refractivity contribution in [3.8, 4) is 5.75 Å². The van der Waals surface area contributed by atoms with Gasteiger partial charge in [-0.1, -0.05) is 13.0 Å². The fourth-order valence-electron chi connectivity index (χ4n) is 6.30. The third kappa shape index (κ3) is 3.16. The fraction of sp³-hybridized carbons (Fsp3) is 0.440. The van der Waals surface area contributed by atoms with Crippen LogP contribution in [0.3, 0.4) is 0 Å². The Hall–Kier alpha value is -3.02. The van der Waals surface area contributed by atoms with Crippen LogP contribution in [0.15, 0.2) is 46.6 Å². The minimum Gasteiger partial charge on any atom is -0.506 e. The summed E-state index contributed by atoms with van der Waals surface area (Å²) in [4.78, 5) is 23.5. The second-order valence-electron chi connectivity index (χ2n) is 9.39. The maximum atomic E-state index is 12.5. The second kappa shape index (κ2) is 7.29. The highest BCUT2D eigenvalue weighted by Crippen LogP contribution is 2.60. The standard InChI is InChI=1S/C25H26N2O4/c1-25-13-12-17-16-8-10-21(28)23(27-26-15-4-2-14(3-5-15)24(30)31)19(16)7-6-18(17)20(25)9-11-22(25)29/h2-5,8,10,17-18,20,28H,6-7,9,11-13H2,1H3,(H,30,31)/t17-,18-,20+,25+/m1/s1. The van der Waals surface area contributed by atoms with Crippen molar-refractivity contribution in [1.29, 1.82) is 0 Å². The lowest BCUT2D eigenvalue weighted by Crippen LogP contribution is -2.42. The second-order valence-corrected chi connectivity index (χ2v) is 9.39. The first-order valence-corrected chi connectivity index (χ1v) is 11.0. The zero-order chi connectivity index (χ0) is 21.8. The molecule has 4 atom stereocenters. The Morgan fingerprint density at radius 3 is 2.55 bits per heavy atom. The molecule has 0 heterocycles. The molecular weight excluding hydrogens is 392 g/mol. The number of benzene rings is 2. The van der Waals surface area contributed by atoms with E-state index in [1.807, 2.05) is 6.07 Å². The molecule has 3 aliphatic carbocycles. The van der Waals surface area contributed by atoms with Crippen LogP contribution in [0.2, 0.25) is 0 Å². The van der Waals surface area contributed by atoms with Crippen molar-refractivity contribution in [1.82, 2.24) is 0 Å². The Bertz CT molecular complexity index is 1090. The molecule has 0 radical (unpaired) electrons. The van der Waals surface area contributed by atoms with Crippen LogP contribution in [0.1, 0.15) is 66.4 Å². The van der Waals surface area contributed by atoms with Crippen molar-refractivity contribution in [3.63, 3.8) is 0 Å². The number of azo groups is 1. The molecule has 0 amide bonds. The molecule has 0 spiro atoms. The van der Waals surface area contributed by atoms with Gasteiger partial charge in [-0.3, -0.25) is 4.79 Å². The predicted molar refractivity (Wildman–Crippen MR) is 115 cm³/mol. The van der Waals surface area contributed by atoms with E-state index < -0.39 is 5.97 Å². The van der Waals surface area contributed by atoms with Crippen LogP contribution in [0.4, 0.5) is 11.4 Å². The average Bonchev–Trinajstić information content (AvgIpc) is 3.07. The van der Waals surface area contributed by atoms with Gasteiger partial charge in [0.2, 0.25) is 0 Å². The summed E-state index contributed by atoms with van der Waals surface area (Å²) in [6.07, 6.45) is 5.47. The van der Waals surface area contributed by atoms with Gasteiger partial charge in [0.05, 0.1) is 11.3 Å². The summed E-state index contributed by atoms with van der Waals surface area (Å²) in [5, 5.41) is 28.2. The van der Waals surface area contributed by atoms with Gasteiger partial charge >= 0.3 is 5.97 Å². The van der Waals surface area contributed by atoms with E-state index in [2.05, 4.69) is 17.2 Å². The number of fused-ring (bicyclic) bond motifs is 5. The minimum absolute atomic E-state index is 0.111. The number of rotatable bonds is 3. The Morgan fingerprint density at radius 1 is 1.03 bits per heavy atom. The lowest BCUT2D eigenvalue weighted by Gasteiger charge is -2.48. The molecule has 6 heteroatoms. The summed E-state index contributed by atoms with van der Waals surface area (Å²) in [5.74, 6) is 0.933. The van der Waals surface area contributed by atoms with E-state index in [-0.39, 0.29) is 16.7 Å². The molecular formula is C25H26N2O4. The van der Waals surface area contributed by atoms with Gasteiger partial charge in [0.15, 0.2) is 0 Å². The van der Waals surface area contributed by atoms with Crippen LogP contribution < -0.4 is 0 Å². The number of aromatic hydroxyl groups is 1. The SMILES string of the molecule is C[C@]12CC[C@@H]3c4ccc(O)c(N=Nc5ccc(C(=O)O)cc5)c4CC[C@H]3[C@@H]1CCC2=O. The third-order valence-electron chi connectivity index (χ3n) is 7.95. The van der Waals surface area contributed by atoms with Gasteiger partial charge in [-0.25, -0.2) is 4.79 Å². The number of carbonyl (C=O) groups excluding carboxylic acids is 1. The number of phenolic OH excluding ortho intramolecular Hbond substituents is 1. The van der Waals surface area contributed by atoms with Crippen molar-refractivity contribution in [2.24, 2.45) is 27.5 Å². The molecule has 0 unspecified atom stereocenters. The van der Waals surface area contributed by atoms with Gasteiger partial charge in [-0.2, -0.15) is 5.11 Å². The number of phenols is 1. The van der Waals surface area contributed by atoms with Crippen LogP contribution >= 0.6 is 0 Å². The van der Waals surface area contributed by atoms with Crippen LogP contribution in [-0.4, -0.2) is 22.0 Å². The van der Waals surface area contributed by atoms with Gasteiger partial charge in [0.1, 0.15) is 17.2 Å². The van der Waals surface area contributed by atoms with E-state index in [0.29, 0.717) is 41.3 Å². The van der Waals surface area contributed by atoms with E-state index in [1.54, 1.807) is 18.2 Å². The van der Waals surface area contributed by atoms with Gasteiger partial charge in [0.25, 0.3) is 0 Å².